The molecule has 4 aromatic carbocycles. The zero-order valence-corrected chi connectivity index (χ0v) is 25.6. The minimum atomic E-state index is 0.298. The molecule has 2 atom stereocenters. The van der Waals surface area contributed by atoms with Crippen molar-refractivity contribution in [2.75, 3.05) is 0 Å². The monoisotopic (exact) mass is 568 g/mol. The molecule has 0 aromatic heterocycles. The summed E-state index contributed by atoms with van der Waals surface area (Å²) in [4.78, 5) is 0. The van der Waals surface area contributed by atoms with Gasteiger partial charge in [-0.2, -0.15) is 0 Å². The van der Waals surface area contributed by atoms with Crippen LogP contribution in [0.5, 0.6) is 23.0 Å². The minimum Gasteiger partial charge on any atom is -0.508 e. The summed E-state index contributed by atoms with van der Waals surface area (Å²) in [5.74, 6) is 2.91. The highest BCUT2D eigenvalue weighted by Crippen LogP contribution is 2.39. The quantitative estimate of drug-likeness (QED) is 0.137. The Labute approximate surface area is 252 Å². The van der Waals surface area contributed by atoms with Crippen LogP contribution in [0.25, 0.3) is 0 Å². The van der Waals surface area contributed by atoms with Crippen molar-refractivity contribution in [1.82, 2.24) is 0 Å². The molecule has 2 unspecified atom stereocenters. The number of hydrogen-bond donors (Lipinski definition) is 4. The van der Waals surface area contributed by atoms with Crippen molar-refractivity contribution < 1.29 is 20.4 Å². The maximum absolute atomic E-state index is 9.51. The van der Waals surface area contributed by atoms with Gasteiger partial charge in [0, 0.05) is 11.8 Å². The Bertz CT molecular complexity index is 1100. The summed E-state index contributed by atoms with van der Waals surface area (Å²) < 4.78 is 0. The molecule has 0 radical (unpaired) electrons. The number of phenols is 4. The first-order chi connectivity index (χ1) is 20.3. The molecule has 0 bridgehead atoms. The molecule has 4 heteroatoms. The molecule has 42 heavy (non-hydrogen) atoms. The second kappa shape index (κ2) is 16.5. The van der Waals surface area contributed by atoms with Gasteiger partial charge in [-0.1, -0.05) is 102 Å². The Morgan fingerprint density at radius 2 is 0.595 bits per heavy atom. The van der Waals surface area contributed by atoms with Crippen molar-refractivity contribution in [1.29, 1.82) is 0 Å². The van der Waals surface area contributed by atoms with E-state index in [1.165, 1.54) is 35.1 Å². The van der Waals surface area contributed by atoms with Gasteiger partial charge in [0.15, 0.2) is 0 Å². The third-order valence-corrected chi connectivity index (χ3v) is 8.32. The largest absolute Gasteiger partial charge is 0.508 e. The van der Waals surface area contributed by atoms with Gasteiger partial charge in [0.2, 0.25) is 0 Å². The molecular weight excluding hydrogens is 520 g/mol. The third-order valence-electron chi connectivity index (χ3n) is 8.32. The lowest BCUT2D eigenvalue weighted by molar-refractivity contribution is 0.414. The van der Waals surface area contributed by atoms with Gasteiger partial charge in [-0.15, -0.1) is 0 Å². The van der Waals surface area contributed by atoms with E-state index < -0.39 is 0 Å². The van der Waals surface area contributed by atoms with Crippen LogP contribution in [0.3, 0.4) is 0 Å². The Morgan fingerprint density at radius 3 is 0.762 bits per heavy atom. The topological polar surface area (TPSA) is 80.9 Å². The number of rotatable bonds is 12. The molecule has 4 N–H and O–H groups in total. The van der Waals surface area contributed by atoms with Crippen LogP contribution in [0.1, 0.15) is 100 Å². The van der Waals surface area contributed by atoms with Gasteiger partial charge < -0.3 is 20.4 Å². The molecule has 0 fully saturated rings. The van der Waals surface area contributed by atoms with Crippen molar-refractivity contribution in [2.24, 2.45) is 11.8 Å². The molecule has 0 heterocycles. The maximum atomic E-state index is 9.51. The first-order valence-electron chi connectivity index (χ1n) is 15.5. The highest BCUT2D eigenvalue weighted by Gasteiger charge is 2.24. The Balaban J connectivity index is 0.000000230. The second-order valence-electron chi connectivity index (χ2n) is 11.2. The van der Waals surface area contributed by atoms with Crippen molar-refractivity contribution >= 4 is 0 Å². The van der Waals surface area contributed by atoms with E-state index in [-0.39, 0.29) is 0 Å². The minimum absolute atomic E-state index is 0.298. The van der Waals surface area contributed by atoms with Crippen LogP contribution in [0.4, 0.5) is 0 Å². The van der Waals surface area contributed by atoms with Gasteiger partial charge in [0.05, 0.1) is 0 Å². The smallest absolute Gasteiger partial charge is 0.115 e. The lowest BCUT2D eigenvalue weighted by atomic mass is 9.77. The van der Waals surface area contributed by atoms with E-state index in [1.54, 1.807) is 48.5 Å². The van der Waals surface area contributed by atoms with Gasteiger partial charge in [0.25, 0.3) is 0 Å². The summed E-state index contributed by atoms with van der Waals surface area (Å²) in [6.07, 6.45) is 6.88. The molecule has 4 nitrogen and oxygen atoms in total. The third kappa shape index (κ3) is 9.04. The molecule has 4 aromatic rings. The van der Waals surface area contributed by atoms with Crippen LogP contribution in [0.2, 0.25) is 0 Å². The molecular formula is C38H48O4. The van der Waals surface area contributed by atoms with Gasteiger partial charge in [-0.3, -0.25) is 0 Å². The first-order valence-corrected chi connectivity index (χ1v) is 15.5. The van der Waals surface area contributed by atoms with Crippen LogP contribution in [0, 0.1) is 11.8 Å². The highest BCUT2D eigenvalue weighted by molar-refractivity contribution is 5.39. The fourth-order valence-electron chi connectivity index (χ4n) is 6.15. The lowest BCUT2D eigenvalue weighted by Gasteiger charge is -2.27. The Hall–Kier alpha value is -3.92. The van der Waals surface area contributed by atoms with E-state index in [0.717, 1.165) is 25.7 Å². The van der Waals surface area contributed by atoms with E-state index in [9.17, 15) is 20.4 Å². The van der Waals surface area contributed by atoms with E-state index >= 15 is 0 Å². The fourth-order valence-corrected chi connectivity index (χ4v) is 6.15. The second-order valence-corrected chi connectivity index (χ2v) is 11.2. The van der Waals surface area contributed by atoms with Crippen molar-refractivity contribution in [3.8, 4) is 23.0 Å². The number of hydrogen-bond acceptors (Lipinski definition) is 4. The van der Waals surface area contributed by atoms with Crippen LogP contribution >= 0.6 is 0 Å². The van der Waals surface area contributed by atoms with Gasteiger partial charge in [-0.25, -0.2) is 0 Å². The zero-order chi connectivity index (χ0) is 30.5. The summed E-state index contributed by atoms with van der Waals surface area (Å²) in [6, 6.07) is 30.1. The van der Waals surface area contributed by atoms with Crippen molar-refractivity contribution in [3.63, 3.8) is 0 Å². The lowest BCUT2D eigenvalue weighted by Crippen LogP contribution is -2.14. The van der Waals surface area contributed by atoms with Crippen molar-refractivity contribution in [2.45, 2.75) is 78.1 Å². The molecule has 4 rings (SSSR count). The van der Waals surface area contributed by atoms with E-state index in [4.69, 9.17) is 0 Å². The number of phenolic OH excluding ortho intramolecular Hbond substituents is 4. The van der Waals surface area contributed by atoms with Crippen molar-refractivity contribution in [3.05, 3.63) is 119 Å². The number of aromatic hydroxyl groups is 4. The zero-order valence-electron chi connectivity index (χ0n) is 25.6. The summed E-state index contributed by atoms with van der Waals surface area (Å²) in [5, 5.41) is 38.0. The van der Waals surface area contributed by atoms with Crippen LogP contribution in [0.15, 0.2) is 97.1 Å². The molecule has 224 valence electrons. The molecule has 0 aliphatic heterocycles. The van der Waals surface area contributed by atoms with Crippen LogP contribution < -0.4 is 0 Å². The molecule has 0 amide bonds. The van der Waals surface area contributed by atoms with Gasteiger partial charge in [0.1, 0.15) is 23.0 Å². The Morgan fingerprint density at radius 1 is 0.381 bits per heavy atom. The van der Waals surface area contributed by atoms with E-state index in [1.807, 2.05) is 48.5 Å². The summed E-state index contributed by atoms with van der Waals surface area (Å²) >= 11 is 0. The molecule has 0 saturated carbocycles. The maximum Gasteiger partial charge on any atom is 0.115 e. The Kier molecular flexibility index (Phi) is 12.8. The van der Waals surface area contributed by atoms with Crippen LogP contribution in [-0.2, 0) is 0 Å². The SMILES string of the molecule is CCCC(CC)C(c1ccc(O)cc1)c1ccc(O)cc1.CCCC(CC)C(c1ccc(O)cc1)c1ccc(O)cc1. The van der Waals surface area contributed by atoms with Gasteiger partial charge >= 0.3 is 0 Å². The normalized spacial score (nSPS) is 12.5. The highest BCUT2D eigenvalue weighted by atomic mass is 16.3. The molecule has 0 aliphatic rings. The fraction of sp³-hybridized carbons (Fsp3) is 0.368. The number of benzene rings is 4. The standard InChI is InChI=1S/2C19H24O2/c2*1-3-5-14(4-2)19(15-6-10-17(20)11-7-15)16-8-12-18(21)13-9-16/h2*6-14,19-21H,3-5H2,1-2H3. The average Bonchev–Trinajstić information content (AvgIpc) is 3.00. The predicted molar refractivity (Wildman–Crippen MR) is 173 cm³/mol. The van der Waals surface area contributed by atoms with E-state index in [2.05, 4.69) is 27.7 Å². The molecule has 0 spiro atoms. The predicted octanol–water partition coefficient (Wildman–Crippen LogP) is 10.1. The summed E-state index contributed by atoms with van der Waals surface area (Å²) in [5.41, 5.74) is 4.88. The molecule has 0 aliphatic carbocycles. The average molecular weight is 569 g/mol. The molecule has 0 saturated heterocycles. The van der Waals surface area contributed by atoms with Crippen LogP contribution in [-0.4, -0.2) is 20.4 Å². The summed E-state index contributed by atoms with van der Waals surface area (Å²) in [6.45, 7) is 8.89. The first kappa shape index (κ1) is 32.6. The van der Waals surface area contributed by atoms with Gasteiger partial charge in [-0.05, 0) is 95.5 Å². The summed E-state index contributed by atoms with van der Waals surface area (Å²) in [7, 11) is 0. The van der Waals surface area contributed by atoms with E-state index in [0.29, 0.717) is 46.7 Å².